The summed E-state index contributed by atoms with van der Waals surface area (Å²) >= 11 is 0. The third-order valence-corrected chi connectivity index (χ3v) is 15.7. The van der Waals surface area contributed by atoms with Gasteiger partial charge in [0.25, 0.3) is 0 Å². The lowest BCUT2D eigenvalue weighted by molar-refractivity contribution is -0.323. The van der Waals surface area contributed by atoms with E-state index < -0.39 is 184 Å². The molecule has 3 saturated heterocycles. The average Bonchev–Trinajstić information content (AvgIpc) is 3.51. The fourth-order valence-corrected chi connectivity index (χ4v) is 10.5. The molecule has 0 saturated carbocycles. The minimum absolute atomic E-state index is 0.0809. The summed E-state index contributed by atoms with van der Waals surface area (Å²) in [5.41, 5.74) is 0.666. The number of esters is 1. The SMILES string of the molecule is C[C@@H]1[C@H](O)[C@@H](C)C=CC=CC=CC=CC=CC=CC=C[C@H](OC2O[C@H](C)[C@@H](O)[C@H](NC[C@@]3(O)OC[C@@H](O)[C@H](O)[C@@H]3O)[C@@H]2O)CC2O[C@](O)(C[C@@H](O)C[C@@H](O)[C@H](O)CC[C@@H](O)C[C@@H](O)CC(=O)O[C@H]1C)C[C@H](O)C2C(=O)NCCc1ccccn1. The molecule has 1 aromatic rings. The number of aliphatic hydroxyl groups is 14. The van der Waals surface area contributed by atoms with Gasteiger partial charge >= 0.3 is 5.97 Å². The van der Waals surface area contributed by atoms with Crippen LogP contribution in [0.15, 0.2) is 109 Å². The van der Waals surface area contributed by atoms with Crippen molar-refractivity contribution in [2.24, 2.45) is 17.8 Å². The Morgan fingerprint density at radius 3 is 1.96 bits per heavy atom. The smallest absolute Gasteiger partial charge is 0.308 e. The number of carbonyl (C=O) groups excluding carboxylic acids is 2. The zero-order chi connectivity index (χ0) is 61.7. The number of rotatable bonds is 9. The van der Waals surface area contributed by atoms with Gasteiger partial charge in [0.15, 0.2) is 12.1 Å². The molecule has 16 N–H and O–H groups in total. The van der Waals surface area contributed by atoms with E-state index in [1.807, 2.05) is 13.0 Å². The van der Waals surface area contributed by atoms with E-state index >= 15 is 0 Å². The minimum atomic E-state index is -2.47. The third-order valence-electron chi connectivity index (χ3n) is 15.7. The van der Waals surface area contributed by atoms with Crippen LogP contribution in [0.5, 0.6) is 0 Å². The maximum absolute atomic E-state index is 14.2. The van der Waals surface area contributed by atoms with Crippen molar-refractivity contribution in [3.8, 4) is 0 Å². The number of fused-ring (bicyclic) bond motifs is 2. The van der Waals surface area contributed by atoms with E-state index in [2.05, 4.69) is 15.6 Å². The third kappa shape index (κ3) is 21.7. The van der Waals surface area contributed by atoms with Crippen molar-refractivity contribution in [1.29, 1.82) is 0 Å². The molecular weight excluding hydrogens is 1100 g/mol. The summed E-state index contributed by atoms with van der Waals surface area (Å²) in [7, 11) is 0. The van der Waals surface area contributed by atoms with Crippen LogP contribution in [-0.4, -0.2) is 230 Å². The van der Waals surface area contributed by atoms with Crippen LogP contribution in [0.1, 0.15) is 84.8 Å². The summed E-state index contributed by atoms with van der Waals surface area (Å²) in [5.74, 6) is -8.47. The first kappa shape index (κ1) is 70.3. The van der Waals surface area contributed by atoms with E-state index in [9.17, 15) is 81.1 Å². The Balaban J connectivity index is 1.43. The first-order valence-electron chi connectivity index (χ1n) is 28.8. The van der Waals surface area contributed by atoms with Crippen LogP contribution < -0.4 is 10.6 Å². The van der Waals surface area contributed by atoms with Gasteiger partial charge in [-0.25, -0.2) is 0 Å². The van der Waals surface area contributed by atoms with Crippen molar-refractivity contribution >= 4 is 11.9 Å². The monoisotopic (exact) mass is 1190 g/mol. The molecule has 84 heavy (non-hydrogen) atoms. The van der Waals surface area contributed by atoms with Crippen molar-refractivity contribution < 1.29 is 105 Å². The van der Waals surface area contributed by atoms with Crippen LogP contribution >= 0.6 is 0 Å². The molecule has 23 atom stereocenters. The maximum atomic E-state index is 14.2. The number of cyclic esters (lactones) is 1. The zero-order valence-corrected chi connectivity index (χ0v) is 48.1. The van der Waals surface area contributed by atoms with Crippen LogP contribution in [0.3, 0.4) is 0 Å². The Labute approximate surface area is 490 Å². The highest BCUT2D eigenvalue weighted by Gasteiger charge is 2.53. The van der Waals surface area contributed by atoms with Gasteiger partial charge in [0, 0.05) is 62.4 Å². The summed E-state index contributed by atoms with van der Waals surface area (Å²) in [6.07, 6.45) is -1.43. The second kappa shape index (κ2) is 34.2. The first-order chi connectivity index (χ1) is 39.8. The summed E-state index contributed by atoms with van der Waals surface area (Å²) in [6, 6.07) is 3.93. The molecule has 5 rings (SSSR count). The van der Waals surface area contributed by atoms with Gasteiger partial charge in [-0.05, 0) is 45.2 Å². The molecule has 0 radical (unpaired) electrons. The lowest BCUT2D eigenvalue weighted by Gasteiger charge is -2.47. The fraction of sp³-hybridized carbons (Fsp3) is 0.650. The Morgan fingerprint density at radius 1 is 0.679 bits per heavy atom. The van der Waals surface area contributed by atoms with Crippen molar-refractivity contribution in [2.45, 2.75) is 207 Å². The van der Waals surface area contributed by atoms with Gasteiger partial charge in [0.1, 0.15) is 30.5 Å². The lowest BCUT2D eigenvalue weighted by Crippen LogP contribution is -2.69. The number of nitrogens with zero attached hydrogens (tertiary/aromatic N) is 1. The predicted molar refractivity (Wildman–Crippen MR) is 303 cm³/mol. The van der Waals surface area contributed by atoms with Crippen LogP contribution in [0.4, 0.5) is 0 Å². The molecule has 24 nitrogen and oxygen atoms in total. The molecule has 24 heteroatoms. The number of pyridine rings is 1. The molecule has 0 aromatic carbocycles. The molecule has 1 aromatic heterocycles. The molecule has 5 heterocycles. The molecule has 4 aliphatic heterocycles. The second-order valence-corrected chi connectivity index (χ2v) is 22.6. The first-order valence-corrected chi connectivity index (χ1v) is 28.8. The molecule has 0 spiro atoms. The number of amides is 1. The van der Waals surface area contributed by atoms with E-state index in [4.69, 9.17) is 23.7 Å². The molecule has 0 aliphatic carbocycles. The number of aromatic nitrogens is 1. The summed E-state index contributed by atoms with van der Waals surface area (Å²) in [6.45, 7) is 5.54. The number of nitrogens with one attached hydrogen (secondary N) is 2. The van der Waals surface area contributed by atoms with Gasteiger partial charge in [0.2, 0.25) is 11.7 Å². The highest BCUT2D eigenvalue weighted by atomic mass is 16.7. The van der Waals surface area contributed by atoms with E-state index in [1.54, 1.807) is 111 Å². The Hall–Kier alpha value is -4.49. The lowest BCUT2D eigenvalue weighted by atomic mass is 9.82. The molecule has 2 bridgehead atoms. The highest BCUT2D eigenvalue weighted by molar-refractivity contribution is 5.80. The summed E-state index contributed by atoms with van der Waals surface area (Å²) in [5, 5.41) is 160. The van der Waals surface area contributed by atoms with Gasteiger partial charge in [0.05, 0.1) is 98.7 Å². The summed E-state index contributed by atoms with van der Waals surface area (Å²) in [4.78, 5) is 31.2. The molecule has 472 valence electrons. The van der Waals surface area contributed by atoms with Gasteiger partial charge in [-0.15, -0.1) is 0 Å². The number of aliphatic hydroxyl groups excluding tert-OH is 12. The van der Waals surface area contributed by atoms with Crippen molar-refractivity contribution in [1.82, 2.24) is 15.6 Å². The fourth-order valence-electron chi connectivity index (χ4n) is 10.5. The van der Waals surface area contributed by atoms with E-state index in [-0.39, 0.29) is 38.1 Å². The van der Waals surface area contributed by atoms with Crippen molar-refractivity contribution in [2.75, 3.05) is 19.7 Å². The van der Waals surface area contributed by atoms with E-state index in [0.717, 1.165) is 0 Å². The number of hydrogen-bond acceptors (Lipinski definition) is 23. The van der Waals surface area contributed by atoms with Crippen LogP contribution in [0.25, 0.3) is 0 Å². The van der Waals surface area contributed by atoms with Crippen molar-refractivity contribution in [3.05, 3.63) is 115 Å². The van der Waals surface area contributed by atoms with Crippen LogP contribution in [0, 0.1) is 17.8 Å². The van der Waals surface area contributed by atoms with E-state index in [1.165, 1.54) is 13.0 Å². The summed E-state index contributed by atoms with van der Waals surface area (Å²) < 4.78 is 29.5. The standard InChI is InChI=1S/C60H91N3O21/c1-35-19-15-13-11-9-7-5-6-8-10-12-14-16-21-43(83-58-55(75)51(53(73)38(4)82-58)63-34-60(79)56(76)54(74)47(70)33-80-60)30-48-50(57(77)62-26-24-39-20-17-18-25-61-39)46(69)32-59(78,84-48)31-42(66)28-45(68)44(67)23-22-40(64)27-41(65)29-49(71)81-37(3)36(2)52(35)72/h5-21,25,35-38,40-48,50-56,58,63-70,72-76,78-79H,22-24,26-34H2,1-4H3,(H,62,77)/t35-,36-,37-,38+,40+,41+,42-,43-,44+,45+,46-,47+,48?,50?,51-,52+,53+,54-,55-,56-,58?,59+,60+/m0/s1. The number of hydrogen-bond donors (Lipinski definition) is 16. The number of carbonyl (C=O) groups is 2. The van der Waals surface area contributed by atoms with Crippen molar-refractivity contribution in [3.63, 3.8) is 0 Å². The molecule has 3 unspecified atom stereocenters. The number of ether oxygens (including phenoxy) is 5. The highest BCUT2D eigenvalue weighted by Crippen LogP contribution is 2.38. The number of allylic oxidation sites excluding steroid dienone is 12. The molecule has 3 fully saturated rings. The molecule has 4 aliphatic rings. The predicted octanol–water partition coefficient (Wildman–Crippen LogP) is -1.19. The molecular formula is C60H91N3O21. The van der Waals surface area contributed by atoms with E-state index in [0.29, 0.717) is 12.1 Å². The zero-order valence-electron chi connectivity index (χ0n) is 48.1. The van der Waals surface area contributed by atoms with Gasteiger partial charge in [-0.1, -0.05) is 105 Å². The topological polar surface area (TPSA) is 400 Å². The normalized spacial score (nSPS) is 40.7. The quantitative estimate of drug-likeness (QED) is 0.129. The Morgan fingerprint density at radius 2 is 1.32 bits per heavy atom. The van der Waals surface area contributed by atoms with Gasteiger partial charge in [-0.3, -0.25) is 14.6 Å². The second-order valence-electron chi connectivity index (χ2n) is 22.6. The Bertz CT molecular complexity index is 2360. The Kier molecular flexibility index (Phi) is 28.6. The minimum Gasteiger partial charge on any atom is -0.462 e. The maximum Gasteiger partial charge on any atom is 0.308 e. The van der Waals surface area contributed by atoms with Crippen LogP contribution in [-0.2, 0) is 39.7 Å². The van der Waals surface area contributed by atoms with Crippen LogP contribution in [0.2, 0.25) is 0 Å². The largest absolute Gasteiger partial charge is 0.462 e. The van der Waals surface area contributed by atoms with Gasteiger partial charge in [-0.2, -0.15) is 0 Å². The van der Waals surface area contributed by atoms with Gasteiger partial charge < -0.3 is 106 Å². The molecule has 1 amide bonds. The average molecular weight is 1190 g/mol.